The molecule has 1 amide bonds. The molecule has 9 heteroatoms. The molecule has 1 atom stereocenters. The Hall–Kier alpha value is -3.75. The summed E-state index contributed by atoms with van der Waals surface area (Å²) in [5.41, 5.74) is 2.24. The highest BCUT2D eigenvalue weighted by atomic mass is 35.5. The monoisotopic (exact) mass is 533 g/mol. The Morgan fingerprint density at radius 2 is 1.97 bits per heavy atom. The third-order valence-electron chi connectivity index (χ3n) is 5.97. The van der Waals surface area contributed by atoms with Gasteiger partial charge >= 0.3 is 5.91 Å². The molecule has 188 valence electrons. The first kappa shape index (κ1) is 24.9. The Morgan fingerprint density at radius 3 is 2.70 bits per heavy atom. The number of nitrogens with zero attached hydrogens (tertiary/aromatic N) is 3. The van der Waals surface area contributed by atoms with Crippen LogP contribution in [-0.4, -0.2) is 33.4 Å². The van der Waals surface area contributed by atoms with E-state index in [2.05, 4.69) is 9.97 Å². The summed E-state index contributed by atoms with van der Waals surface area (Å²) >= 11 is 7.56. The van der Waals surface area contributed by atoms with Crippen LogP contribution in [-0.2, 0) is 9.59 Å². The van der Waals surface area contributed by atoms with Crippen LogP contribution in [0.3, 0.4) is 0 Å². The normalized spacial score (nSPS) is 17.2. The van der Waals surface area contributed by atoms with E-state index >= 15 is 0 Å². The van der Waals surface area contributed by atoms with Crippen molar-refractivity contribution in [3.05, 3.63) is 88.2 Å². The first-order valence-electron chi connectivity index (χ1n) is 11.8. The number of aliphatic hydroxyl groups is 1. The second kappa shape index (κ2) is 9.95. The first-order valence-corrected chi connectivity index (χ1v) is 13.0. The number of carbonyl (C=O) groups excluding carboxylic acids is 2. The zero-order chi connectivity index (χ0) is 26.3. The fraction of sp³-hybridized carbons (Fsp3) is 0.214. The number of aliphatic hydroxyl groups excluding tert-OH is 1. The standard InChI is InChI=1S/C28H24ClN3O4S/c1-15(2)14-36-18-8-6-7-17(12-18)25(33)23-24(20-9-4-5-10-30-20)32(27(35)26(23)34)28-31-21-13-19(29)16(3)11-22(21)37-28/h4-13,15,24,33H,14H2,1-3H3/b25-23+. The van der Waals surface area contributed by atoms with Crippen LogP contribution in [0.1, 0.15) is 36.7 Å². The zero-order valence-corrected chi connectivity index (χ0v) is 22.0. The van der Waals surface area contributed by atoms with Crippen LogP contribution < -0.4 is 9.64 Å². The second-order valence-electron chi connectivity index (χ2n) is 9.22. The highest BCUT2D eigenvalue weighted by Crippen LogP contribution is 2.44. The number of aryl methyl sites for hydroxylation is 1. The van der Waals surface area contributed by atoms with Crippen molar-refractivity contribution < 1.29 is 19.4 Å². The number of thiazole rings is 1. The number of benzene rings is 2. The summed E-state index contributed by atoms with van der Waals surface area (Å²) in [4.78, 5) is 37.2. The van der Waals surface area contributed by atoms with E-state index in [1.807, 2.05) is 26.8 Å². The first-order chi connectivity index (χ1) is 17.7. The predicted octanol–water partition coefficient (Wildman–Crippen LogP) is 6.31. The topological polar surface area (TPSA) is 92.6 Å². The molecule has 2 aromatic heterocycles. The molecule has 2 aromatic carbocycles. The largest absolute Gasteiger partial charge is 0.507 e. The number of rotatable bonds is 6. The van der Waals surface area contributed by atoms with Crippen molar-refractivity contribution in [2.45, 2.75) is 26.8 Å². The van der Waals surface area contributed by atoms with Gasteiger partial charge in [0.05, 0.1) is 28.1 Å². The minimum atomic E-state index is -0.960. The van der Waals surface area contributed by atoms with Crippen molar-refractivity contribution in [3.8, 4) is 5.75 Å². The van der Waals surface area contributed by atoms with Gasteiger partial charge in [0.25, 0.3) is 5.78 Å². The Kier molecular flexibility index (Phi) is 6.70. The van der Waals surface area contributed by atoms with E-state index in [0.717, 1.165) is 10.3 Å². The van der Waals surface area contributed by atoms with Gasteiger partial charge in [-0.2, -0.15) is 0 Å². The minimum Gasteiger partial charge on any atom is -0.507 e. The highest BCUT2D eigenvalue weighted by molar-refractivity contribution is 7.22. The summed E-state index contributed by atoms with van der Waals surface area (Å²) < 4.78 is 6.62. The maximum absolute atomic E-state index is 13.4. The lowest BCUT2D eigenvalue weighted by Crippen LogP contribution is -2.29. The summed E-state index contributed by atoms with van der Waals surface area (Å²) in [7, 11) is 0. The number of hydrogen-bond acceptors (Lipinski definition) is 7. The summed E-state index contributed by atoms with van der Waals surface area (Å²) in [5, 5.41) is 12.3. The van der Waals surface area contributed by atoms with Crippen molar-refractivity contribution in [3.63, 3.8) is 0 Å². The van der Waals surface area contributed by atoms with Crippen LogP contribution in [0.2, 0.25) is 5.02 Å². The maximum atomic E-state index is 13.4. The summed E-state index contributed by atoms with van der Waals surface area (Å²) in [6.07, 6.45) is 1.58. The van der Waals surface area contributed by atoms with Gasteiger partial charge in [-0.15, -0.1) is 0 Å². The van der Waals surface area contributed by atoms with Gasteiger partial charge in [-0.3, -0.25) is 19.5 Å². The average Bonchev–Trinajstić information content (AvgIpc) is 3.40. The molecule has 5 rings (SSSR count). The maximum Gasteiger partial charge on any atom is 0.301 e. The Balaban J connectivity index is 1.65. The van der Waals surface area contributed by atoms with Gasteiger partial charge in [-0.1, -0.05) is 55.0 Å². The van der Waals surface area contributed by atoms with Crippen molar-refractivity contribution in [1.82, 2.24) is 9.97 Å². The highest BCUT2D eigenvalue weighted by Gasteiger charge is 2.48. The van der Waals surface area contributed by atoms with E-state index < -0.39 is 17.7 Å². The van der Waals surface area contributed by atoms with E-state index in [4.69, 9.17) is 16.3 Å². The summed E-state index contributed by atoms with van der Waals surface area (Å²) in [5.74, 6) is -1.02. The van der Waals surface area contributed by atoms with E-state index in [9.17, 15) is 14.7 Å². The number of amides is 1. The van der Waals surface area contributed by atoms with Crippen LogP contribution in [0, 0.1) is 12.8 Å². The van der Waals surface area contributed by atoms with Crippen LogP contribution in [0.15, 0.2) is 66.4 Å². The number of Topliss-reactive ketones (excluding diaryl/α,β-unsaturated/α-hetero) is 1. The zero-order valence-electron chi connectivity index (χ0n) is 20.4. The van der Waals surface area contributed by atoms with Crippen molar-refractivity contribution >= 4 is 55.7 Å². The van der Waals surface area contributed by atoms with Crippen molar-refractivity contribution in [1.29, 1.82) is 0 Å². The number of anilines is 1. The molecule has 1 N–H and O–H groups in total. The number of aromatic nitrogens is 2. The van der Waals surface area contributed by atoms with Crippen LogP contribution in [0.4, 0.5) is 5.13 Å². The lowest BCUT2D eigenvalue weighted by atomic mass is 9.98. The molecule has 1 fully saturated rings. The molecule has 0 spiro atoms. The van der Waals surface area contributed by atoms with E-state index in [1.54, 1.807) is 54.7 Å². The van der Waals surface area contributed by atoms with Gasteiger partial charge < -0.3 is 9.84 Å². The molecule has 7 nitrogen and oxygen atoms in total. The fourth-order valence-electron chi connectivity index (χ4n) is 4.14. The van der Waals surface area contributed by atoms with E-state index in [0.29, 0.717) is 45.2 Å². The van der Waals surface area contributed by atoms with Crippen LogP contribution in [0.5, 0.6) is 5.75 Å². The van der Waals surface area contributed by atoms with Gasteiger partial charge in [0.15, 0.2) is 5.13 Å². The van der Waals surface area contributed by atoms with Crippen LogP contribution >= 0.6 is 22.9 Å². The van der Waals surface area contributed by atoms with Crippen molar-refractivity contribution in [2.75, 3.05) is 11.5 Å². The lowest BCUT2D eigenvalue weighted by molar-refractivity contribution is -0.132. The quantitative estimate of drug-likeness (QED) is 0.177. The number of hydrogen-bond donors (Lipinski definition) is 1. The third kappa shape index (κ3) is 4.70. The third-order valence-corrected chi connectivity index (χ3v) is 7.39. The molecule has 1 unspecified atom stereocenters. The number of fused-ring (bicyclic) bond motifs is 1. The Morgan fingerprint density at radius 1 is 1.16 bits per heavy atom. The number of carbonyl (C=O) groups is 2. The van der Waals surface area contributed by atoms with E-state index in [-0.39, 0.29) is 11.3 Å². The molecule has 0 bridgehead atoms. The number of pyridine rings is 1. The van der Waals surface area contributed by atoms with Gasteiger partial charge in [-0.25, -0.2) is 4.98 Å². The fourth-order valence-corrected chi connectivity index (χ4v) is 5.37. The van der Waals surface area contributed by atoms with Gasteiger partial charge in [0, 0.05) is 16.8 Å². The molecule has 1 saturated heterocycles. The van der Waals surface area contributed by atoms with Crippen molar-refractivity contribution in [2.24, 2.45) is 5.92 Å². The predicted molar refractivity (Wildman–Crippen MR) is 145 cm³/mol. The molecule has 1 aliphatic heterocycles. The molecule has 0 radical (unpaired) electrons. The van der Waals surface area contributed by atoms with Crippen LogP contribution in [0.25, 0.3) is 16.0 Å². The number of ether oxygens (including phenoxy) is 1. The molecule has 0 saturated carbocycles. The molecular weight excluding hydrogens is 510 g/mol. The Bertz CT molecular complexity index is 1510. The van der Waals surface area contributed by atoms with Gasteiger partial charge in [0.1, 0.15) is 17.6 Å². The molecule has 1 aliphatic rings. The van der Waals surface area contributed by atoms with E-state index in [1.165, 1.54) is 16.2 Å². The SMILES string of the molecule is Cc1cc2sc(N3C(=O)C(=O)/C(=C(/O)c4cccc(OCC(C)C)c4)C3c3ccccn3)nc2cc1Cl. The molecule has 37 heavy (non-hydrogen) atoms. The molecular formula is C28H24ClN3O4S. The average molecular weight is 534 g/mol. The molecule has 0 aliphatic carbocycles. The van der Waals surface area contributed by atoms with Gasteiger partial charge in [0.2, 0.25) is 0 Å². The summed E-state index contributed by atoms with van der Waals surface area (Å²) in [6, 6.07) is 14.7. The summed E-state index contributed by atoms with van der Waals surface area (Å²) in [6.45, 7) is 6.47. The molecule has 4 aromatic rings. The number of halogens is 1. The number of ketones is 1. The second-order valence-corrected chi connectivity index (χ2v) is 10.6. The minimum absolute atomic E-state index is 0.0572. The smallest absolute Gasteiger partial charge is 0.301 e. The lowest BCUT2D eigenvalue weighted by Gasteiger charge is -2.22. The van der Waals surface area contributed by atoms with Gasteiger partial charge in [-0.05, 0) is 54.8 Å². The molecule has 3 heterocycles. The Labute approximate surface area is 223 Å².